The maximum atomic E-state index is 13.9. The molecule has 0 saturated heterocycles. The van der Waals surface area contributed by atoms with Gasteiger partial charge >= 0.3 is 6.03 Å². The van der Waals surface area contributed by atoms with Gasteiger partial charge in [-0.2, -0.15) is 0 Å². The van der Waals surface area contributed by atoms with E-state index in [4.69, 9.17) is 9.47 Å². The van der Waals surface area contributed by atoms with Crippen LogP contribution in [-0.4, -0.2) is 73.6 Å². The number of amides is 4. The molecule has 0 spiro atoms. The highest BCUT2D eigenvalue weighted by molar-refractivity contribution is 6.02. The number of fused-ring (bicyclic) bond motifs is 1. The lowest BCUT2D eigenvalue weighted by Gasteiger charge is -2.35. The smallest absolute Gasteiger partial charge is 0.323 e. The fourth-order valence-electron chi connectivity index (χ4n) is 4.14. The van der Waals surface area contributed by atoms with Gasteiger partial charge in [0.1, 0.15) is 18.2 Å². The highest BCUT2D eigenvalue weighted by Gasteiger charge is 2.29. The van der Waals surface area contributed by atoms with Crippen molar-refractivity contribution in [1.29, 1.82) is 0 Å². The van der Waals surface area contributed by atoms with Crippen LogP contribution in [0.4, 0.5) is 20.6 Å². The van der Waals surface area contributed by atoms with Crippen LogP contribution in [0.5, 0.6) is 5.75 Å². The fourth-order valence-corrected chi connectivity index (χ4v) is 4.14. The predicted molar refractivity (Wildman–Crippen MR) is 135 cm³/mol. The second-order valence-electron chi connectivity index (χ2n) is 9.04. The van der Waals surface area contributed by atoms with Gasteiger partial charge in [-0.1, -0.05) is 19.1 Å². The van der Waals surface area contributed by atoms with Gasteiger partial charge in [0, 0.05) is 45.8 Å². The maximum absolute atomic E-state index is 13.9. The maximum Gasteiger partial charge on any atom is 0.323 e. The van der Waals surface area contributed by atoms with Gasteiger partial charge in [0.25, 0.3) is 5.91 Å². The Balaban J connectivity index is 1.89. The molecular weight excluding hydrogens is 467 g/mol. The molecule has 0 saturated carbocycles. The van der Waals surface area contributed by atoms with Crippen LogP contribution in [-0.2, 0) is 9.53 Å². The molecule has 10 heteroatoms. The molecule has 2 aromatic rings. The number of rotatable bonds is 3. The SMILES string of the molecule is CO[C@H]1CN(C)C(=O)c2cc(NC(=O)Nc3ccccc3F)ccc2OC[C@H](C)N(C(C)=O)C[C@H]1C. The van der Waals surface area contributed by atoms with Crippen LogP contribution in [0.3, 0.4) is 0 Å². The molecule has 0 fully saturated rings. The highest BCUT2D eigenvalue weighted by atomic mass is 19.1. The number of likely N-dealkylation sites (N-methyl/N-ethyl adjacent to an activating group) is 1. The molecule has 0 aliphatic carbocycles. The second-order valence-corrected chi connectivity index (χ2v) is 9.04. The molecule has 3 atom stereocenters. The molecule has 3 rings (SSSR count). The van der Waals surface area contributed by atoms with E-state index in [2.05, 4.69) is 10.6 Å². The molecule has 1 aliphatic rings. The third kappa shape index (κ3) is 6.51. The highest BCUT2D eigenvalue weighted by Crippen LogP contribution is 2.27. The summed E-state index contributed by atoms with van der Waals surface area (Å²) < 4.78 is 25.5. The first kappa shape index (κ1) is 26.9. The summed E-state index contributed by atoms with van der Waals surface area (Å²) in [7, 11) is 3.24. The summed E-state index contributed by atoms with van der Waals surface area (Å²) in [5.74, 6) is -0.662. The summed E-state index contributed by atoms with van der Waals surface area (Å²) in [4.78, 5) is 41.4. The van der Waals surface area contributed by atoms with E-state index >= 15 is 0 Å². The largest absolute Gasteiger partial charge is 0.491 e. The Morgan fingerprint density at radius 2 is 1.83 bits per heavy atom. The molecule has 9 nitrogen and oxygen atoms in total. The van der Waals surface area contributed by atoms with Crippen molar-refractivity contribution in [2.45, 2.75) is 32.9 Å². The Bertz CT molecular complexity index is 1110. The monoisotopic (exact) mass is 500 g/mol. The molecule has 1 aliphatic heterocycles. The number of nitrogens with one attached hydrogen (secondary N) is 2. The van der Waals surface area contributed by atoms with Crippen molar-refractivity contribution in [3.05, 3.63) is 53.8 Å². The molecule has 36 heavy (non-hydrogen) atoms. The van der Waals surface area contributed by atoms with Gasteiger partial charge in [-0.25, -0.2) is 9.18 Å². The summed E-state index contributed by atoms with van der Waals surface area (Å²) in [5, 5.41) is 5.08. The van der Waals surface area contributed by atoms with E-state index in [-0.39, 0.29) is 47.7 Å². The van der Waals surface area contributed by atoms with Crippen molar-refractivity contribution in [3.63, 3.8) is 0 Å². The molecular formula is C26H33FN4O5. The number of nitrogens with zero attached hydrogens (tertiary/aromatic N) is 2. The number of halogens is 1. The normalized spacial score (nSPS) is 20.9. The molecule has 2 N–H and O–H groups in total. The first-order valence-electron chi connectivity index (χ1n) is 11.8. The third-order valence-corrected chi connectivity index (χ3v) is 6.23. The number of para-hydroxylation sites is 1. The summed E-state index contributed by atoms with van der Waals surface area (Å²) in [6.07, 6.45) is -0.301. The van der Waals surface area contributed by atoms with E-state index in [1.165, 1.54) is 36.1 Å². The van der Waals surface area contributed by atoms with Crippen molar-refractivity contribution < 1.29 is 28.2 Å². The number of carbonyl (C=O) groups is 3. The quantitative estimate of drug-likeness (QED) is 0.668. The number of hydrogen-bond donors (Lipinski definition) is 2. The van der Waals surface area contributed by atoms with Gasteiger partial charge in [0.05, 0.1) is 23.4 Å². The number of benzene rings is 2. The first-order valence-corrected chi connectivity index (χ1v) is 11.8. The summed E-state index contributed by atoms with van der Waals surface area (Å²) in [6.45, 7) is 6.32. The van der Waals surface area contributed by atoms with Crippen molar-refractivity contribution in [1.82, 2.24) is 9.80 Å². The van der Waals surface area contributed by atoms with Gasteiger partial charge in [-0.3, -0.25) is 9.59 Å². The molecule has 0 unspecified atom stereocenters. The Morgan fingerprint density at radius 3 is 2.50 bits per heavy atom. The van der Waals surface area contributed by atoms with Gasteiger partial charge in [0.15, 0.2) is 0 Å². The molecule has 1 heterocycles. The lowest BCUT2D eigenvalue weighted by atomic mass is 10.0. The number of methoxy groups -OCH3 is 1. The van der Waals surface area contributed by atoms with Crippen LogP contribution in [0.25, 0.3) is 0 Å². The standard InChI is InChI=1S/C26H33FN4O5/c1-16-13-31(18(3)32)17(2)15-36-23-11-10-19(12-20(23)25(33)30(4)14-24(16)35-5)28-26(34)29-22-9-7-6-8-21(22)27/h6-12,16-17,24H,13-15H2,1-5H3,(H2,28,29,34)/t16-,17+,24+/m1/s1. The summed E-state index contributed by atoms with van der Waals surface area (Å²) in [5.41, 5.74) is 0.602. The number of hydrogen-bond acceptors (Lipinski definition) is 5. The van der Waals surface area contributed by atoms with Crippen LogP contribution in [0, 0.1) is 11.7 Å². The first-order chi connectivity index (χ1) is 17.1. The third-order valence-electron chi connectivity index (χ3n) is 6.23. The average Bonchev–Trinajstić information content (AvgIpc) is 2.84. The molecule has 0 aromatic heterocycles. The number of ether oxygens (including phenoxy) is 2. The zero-order valence-electron chi connectivity index (χ0n) is 21.2. The average molecular weight is 501 g/mol. The Kier molecular flexibility index (Phi) is 8.87. The minimum atomic E-state index is -0.658. The van der Waals surface area contributed by atoms with Gasteiger partial charge in [-0.05, 0) is 37.3 Å². The minimum absolute atomic E-state index is 0.0317. The van der Waals surface area contributed by atoms with Crippen LogP contribution in [0.15, 0.2) is 42.5 Å². The van der Waals surface area contributed by atoms with Gasteiger partial charge in [-0.15, -0.1) is 0 Å². The van der Waals surface area contributed by atoms with E-state index in [9.17, 15) is 18.8 Å². The zero-order valence-corrected chi connectivity index (χ0v) is 21.2. The molecule has 2 aromatic carbocycles. The second kappa shape index (κ2) is 11.9. The Morgan fingerprint density at radius 1 is 1.11 bits per heavy atom. The Hall–Kier alpha value is -3.66. The van der Waals surface area contributed by atoms with Crippen molar-refractivity contribution in [3.8, 4) is 5.75 Å². The van der Waals surface area contributed by atoms with Crippen molar-refractivity contribution in [2.24, 2.45) is 5.92 Å². The lowest BCUT2D eigenvalue weighted by molar-refractivity contribution is -0.133. The van der Waals surface area contributed by atoms with Crippen LogP contribution >= 0.6 is 0 Å². The molecule has 194 valence electrons. The number of anilines is 2. The van der Waals surface area contributed by atoms with Gasteiger partial charge in [0.2, 0.25) is 5.91 Å². The van der Waals surface area contributed by atoms with Crippen molar-refractivity contribution >= 4 is 29.2 Å². The van der Waals surface area contributed by atoms with Crippen LogP contribution < -0.4 is 15.4 Å². The van der Waals surface area contributed by atoms with E-state index < -0.39 is 11.8 Å². The van der Waals surface area contributed by atoms with E-state index in [1.54, 1.807) is 37.3 Å². The van der Waals surface area contributed by atoms with E-state index in [1.807, 2.05) is 13.8 Å². The minimum Gasteiger partial charge on any atom is -0.491 e. The van der Waals surface area contributed by atoms with Crippen LogP contribution in [0.1, 0.15) is 31.1 Å². The predicted octanol–water partition coefficient (Wildman–Crippen LogP) is 3.82. The van der Waals surface area contributed by atoms with Crippen molar-refractivity contribution in [2.75, 3.05) is 44.5 Å². The van der Waals surface area contributed by atoms with Crippen LogP contribution in [0.2, 0.25) is 0 Å². The number of urea groups is 1. The zero-order chi connectivity index (χ0) is 26.4. The van der Waals surface area contributed by atoms with Gasteiger partial charge < -0.3 is 29.9 Å². The summed E-state index contributed by atoms with van der Waals surface area (Å²) >= 11 is 0. The topological polar surface area (TPSA) is 100 Å². The number of carbonyl (C=O) groups excluding carboxylic acids is 3. The fraction of sp³-hybridized carbons (Fsp3) is 0.423. The Labute approximate surface area is 210 Å². The van der Waals surface area contributed by atoms with E-state index in [0.29, 0.717) is 24.5 Å². The lowest BCUT2D eigenvalue weighted by Crippen LogP contribution is -2.48. The molecule has 0 bridgehead atoms. The molecule has 0 radical (unpaired) electrons. The summed E-state index contributed by atoms with van der Waals surface area (Å²) in [6, 6.07) is 9.61. The van der Waals surface area contributed by atoms with E-state index in [0.717, 1.165) is 0 Å². The molecule has 4 amide bonds.